The van der Waals surface area contributed by atoms with Crippen molar-refractivity contribution in [3.63, 3.8) is 0 Å². The molecule has 1 saturated heterocycles. The van der Waals surface area contributed by atoms with Gasteiger partial charge in [0.1, 0.15) is 0 Å². The van der Waals surface area contributed by atoms with Crippen LogP contribution in [0.15, 0.2) is 0 Å². The topological polar surface area (TPSA) is 46.3 Å². The van der Waals surface area contributed by atoms with Crippen LogP contribution in [0.1, 0.15) is 52.9 Å². The number of carbonyl (C=O) groups excluding carboxylic acids is 1. The van der Waals surface area contributed by atoms with Crippen molar-refractivity contribution < 1.29 is 4.79 Å². The molecule has 0 radical (unpaired) electrons. The molecule has 0 aromatic carbocycles. The van der Waals surface area contributed by atoms with Crippen LogP contribution in [0.4, 0.5) is 0 Å². The quantitative estimate of drug-likeness (QED) is 0.779. The molecule has 2 rings (SSSR count). The van der Waals surface area contributed by atoms with Crippen LogP contribution >= 0.6 is 0 Å². The highest BCUT2D eigenvalue weighted by Crippen LogP contribution is 2.31. The fourth-order valence-electron chi connectivity index (χ4n) is 3.69. The highest BCUT2D eigenvalue weighted by molar-refractivity contribution is 5.79. The van der Waals surface area contributed by atoms with E-state index in [0.29, 0.717) is 23.8 Å². The molecule has 104 valence electrons. The van der Waals surface area contributed by atoms with Crippen molar-refractivity contribution >= 4 is 5.91 Å². The molecule has 0 aromatic heterocycles. The number of amides is 1. The number of carbonyl (C=O) groups is 1. The predicted octanol–water partition coefficient (Wildman–Crippen LogP) is 2.40. The SMILES string of the molecule is CC1CC(C)C(C)N(C(=O)C2CCCC(N)C2)C1. The molecule has 1 amide bonds. The molecule has 1 aliphatic heterocycles. The standard InChI is InChI=1S/C15H28N2O/c1-10-7-11(2)12(3)17(9-10)15(18)13-5-4-6-14(16)8-13/h10-14H,4-9,16H2,1-3H3. The molecule has 5 unspecified atom stereocenters. The van der Waals surface area contributed by atoms with Crippen LogP contribution in [0.25, 0.3) is 0 Å². The molecule has 2 N–H and O–H groups in total. The van der Waals surface area contributed by atoms with Crippen molar-refractivity contribution in [2.75, 3.05) is 6.54 Å². The van der Waals surface area contributed by atoms with Crippen molar-refractivity contribution in [3.05, 3.63) is 0 Å². The highest BCUT2D eigenvalue weighted by Gasteiger charge is 2.36. The molecular formula is C15H28N2O. The maximum absolute atomic E-state index is 12.7. The third kappa shape index (κ3) is 2.87. The molecule has 0 spiro atoms. The Hall–Kier alpha value is -0.570. The summed E-state index contributed by atoms with van der Waals surface area (Å²) in [6.45, 7) is 7.68. The first-order valence-corrected chi connectivity index (χ1v) is 7.55. The zero-order valence-corrected chi connectivity index (χ0v) is 12.1. The first-order chi connectivity index (χ1) is 8.49. The van der Waals surface area contributed by atoms with Crippen LogP contribution in [0.5, 0.6) is 0 Å². The van der Waals surface area contributed by atoms with Crippen LogP contribution < -0.4 is 5.73 Å². The Kier molecular flexibility index (Phi) is 4.31. The Morgan fingerprint density at radius 1 is 1.17 bits per heavy atom. The van der Waals surface area contributed by atoms with Crippen LogP contribution in [0.2, 0.25) is 0 Å². The number of nitrogens with two attached hydrogens (primary N) is 1. The second kappa shape index (κ2) is 5.60. The van der Waals surface area contributed by atoms with Crippen molar-refractivity contribution in [2.45, 2.75) is 65.0 Å². The fraction of sp³-hybridized carbons (Fsp3) is 0.933. The summed E-state index contributed by atoms with van der Waals surface area (Å²) in [5.41, 5.74) is 6.01. The summed E-state index contributed by atoms with van der Waals surface area (Å²) < 4.78 is 0. The monoisotopic (exact) mass is 252 g/mol. The summed E-state index contributed by atoms with van der Waals surface area (Å²) in [4.78, 5) is 14.8. The first kappa shape index (κ1) is 13.9. The van der Waals surface area contributed by atoms with E-state index < -0.39 is 0 Å². The van der Waals surface area contributed by atoms with Crippen LogP contribution in [0, 0.1) is 17.8 Å². The van der Waals surface area contributed by atoms with Gasteiger partial charge in [0, 0.05) is 24.5 Å². The molecule has 2 aliphatic rings. The molecule has 1 heterocycles. The zero-order valence-electron chi connectivity index (χ0n) is 12.1. The van der Waals surface area contributed by atoms with Gasteiger partial charge < -0.3 is 10.6 Å². The molecule has 18 heavy (non-hydrogen) atoms. The molecule has 3 nitrogen and oxygen atoms in total. The Balaban J connectivity index is 2.02. The molecule has 0 bridgehead atoms. The van der Waals surface area contributed by atoms with Gasteiger partial charge in [-0.3, -0.25) is 4.79 Å². The maximum atomic E-state index is 12.7. The number of nitrogens with zero attached hydrogens (tertiary/aromatic N) is 1. The van der Waals surface area contributed by atoms with Gasteiger partial charge in [0.15, 0.2) is 0 Å². The minimum Gasteiger partial charge on any atom is -0.339 e. The molecular weight excluding hydrogens is 224 g/mol. The summed E-state index contributed by atoms with van der Waals surface area (Å²) in [5.74, 6) is 1.82. The summed E-state index contributed by atoms with van der Waals surface area (Å²) >= 11 is 0. The number of likely N-dealkylation sites (tertiary alicyclic amines) is 1. The number of hydrogen-bond acceptors (Lipinski definition) is 2. The molecule has 1 aliphatic carbocycles. The highest BCUT2D eigenvalue weighted by atomic mass is 16.2. The smallest absolute Gasteiger partial charge is 0.225 e. The largest absolute Gasteiger partial charge is 0.339 e. The van der Waals surface area contributed by atoms with Gasteiger partial charge in [-0.05, 0) is 44.4 Å². The summed E-state index contributed by atoms with van der Waals surface area (Å²) in [5, 5.41) is 0. The lowest BCUT2D eigenvalue weighted by molar-refractivity contribution is -0.142. The molecule has 5 atom stereocenters. The van der Waals surface area contributed by atoms with Gasteiger partial charge in [0.25, 0.3) is 0 Å². The maximum Gasteiger partial charge on any atom is 0.225 e. The first-order valence-electron chi connectivity index (χ1n) is 7.55. The minimum atomic E-state index is 0.189. The number of hydrogen-bond donors (Lipinski definition) is 1. The summed E-state index contributed by atoms with van der Waals surface area (Å²) in [6.07, 6.45) is 5.38. The normalized spacial score (nSPS) is 41.8. The van der Waals surface area contributed by atoms with E-state index in [2.05, 4.69) is 25.7 Å². The van der Waals surface area contributed by atoms with Gasteiger partial charge in [0.05, 0.1) is 0 Å². The Morgan fingerprint density at radius 2 is 1.89 bits per heavy atom. The van der Waals surface area contributed by atoms with Crippen LogP contribution in [-0.4, -0.2) is 29.4 Å². The van der Waals surface area contributed by atoms with E-state index in [-0.39, 0.29) is 12.0 Å². The van der Waals surface area contributed by atoms with Crippen molar-refractivity contribution in [2.24, 2.45) is 23.5 Å². The van der Waals surface area contributed by atoms with Crippen molar-refractivity contribution in [3.8, 4) is 0 Å². The zero-order chi connectivity index (χ0) is 13.3. The second-order valence-corrected chi connectivity index (χ2v) is 6.67. The van der Waals surface area contributed by atoms with Gasteiger partial charge in [-0.1, -0.05) is 20.3 Å². The Morgan fingerprint density at radius 3 is 2.56 bits per heavy atom. The minimum absolute atomic E-state index is 0.189. The van der Waals surface area contributed by atoms with Crippen LogP contribution in [-0.2, 0) is 4.79 Å². The van der Waals surface area contributed by atoms with Gasteiger partial charge >= 0.3 is 0 Å². The van der Waals surface area contributed by atoms with E-state index in [4.69, 9.17) is 5.73 Å². The van der Waals surface area contributed by atoms with E-state index in [9.17, 15) is 4.79 Å². The van der Waals surface area contributed by atoms with E-state index in [1.54, 1.807) is 0 Å². The third-order valence-electron chi connectivity index (χ3n) is 4.94. The second-order valence-electron chi connectivity index (χ2n) is 6.67. The molecule has 3 heteroatoms. The number of rotatable bonds is 1. The Labute approximate surface area is 111 Å². The molecule has 1 saturated carbocycles. The lowest BCUT2D eigenvalue weighted by Gasteiger charge is -2.43. The predicted molar refractivity (Wildman–Crippen MR) is 74.1 cm³/mol. The summed E-state index contributed by atoms with van der Waals surface area (Å²) in [6, 6.07) is 0.634. The van der Waals surface area contributed by atoms with Crippen molar-refractivity contribution in [1.82, 2.24) is 4.90 Å². The van der Waals surface area contributed by atoms with Crippen molar-refractivity contribution in [1.29, 1.82) is 0 Å². The van der Waals surface area contributed by atoms with E-state index in [0.717, 1.165) is 32.2 Å². The van der Waals surface area contributed by atoms with Gasteiger partial charge in [-0.25, -0.2) is 0 Å². The average molecular weight is 252 g/mol. The Bertz CT molecular complexity index is 305. The third-order valence-corrected chi connectivity index (χ3v) is 4.94. The fourth-order valence-corrected chi connectivity index (χ4v) is 3.69. The van der Waals surface area contributed by atoms with Gasteiger partial charge in [0.2, 0.25) is 5.91 Å². The summed E-state index contributed by atoms with van der Waals surface area (Å²) in [7, 11) is 0. The lowest BCUT2D eigenvalue weighted by Crippen LogP contribution is -2.51. The van der Waals surface area contributed by atoms with Gasteiger partial charge in [-0.15, -0.1) is 0 Å². The molecule has 0 aromatic rings. The van der Waals surface area contributed by atoms with E-state index >= 15 is 0 Å². The van der Waals surface area contributed by atoms with Gasteiger partial charge in [-0.2, -0.15) is 0 Å². The van der Waals surface area contributed by atoms with Crippen LogP contribution in [0.3, 0.4) is 0 Å². The van der Waals surface area contributed by atoms with E-state index in [1.165, 1.54) is 6.42 Å². The average Bonchev–Trinajstić information content (AvgIpc) is 2.33. The molecule has 2 fully saturated rings. The van der Waals surface area contributed by atoms with E-state index in [1.807, 2.05) is 0 Å². The number of piperidine rings is 1. The lowest BCUT2D eigenvalue weighted by atomic mass is 9.81.